The van der Waals surface area contributed by atoms with Gasteiger partial charge in [0.05, 0.1) is 12.2 Å². The summed E-state index contributed by atoms with van der Waals surface area (Å²) in [6.07, 6.45) is 11.8. The molecule has 7 heteroatoms. The van der Waals surface area contributed by atoms with E-state index in [0.717, 1.165) is 50.5 Å². The van der Waals surface area contributed by atoms with E-state index >= 15 is 0 Å². The van der Waals surface area contributed by atoms with Gasteiger partial charge in [-0.3, -0.25) is 25.1 Å². The van der Waals surface area contributed by atoms with Crippen LogP contribution in [0.4, 0.5) is 0 Å². The molecule has 0 saturated heterocycles. The summed E-state index contributed by atoms with van der Waals surface area (Å²) in [5.41, 5.74) is 2.95. The standard InChI is InChI=1S/C19H25N3O4/c23-17(22-25)9-8-15-7-6-14(12-20-15)19(10-3-11-19)21-13-18(24)26-16-4-1-2-5-16/h6-9,12,16,21,25H,1-5,10-11,13H2,(H,22,23)/b9-8+. The second-order valence-electron chi connectivity index (χ2n) is 6.97. The summed E-state index contributed by atoms with van der Waals surface area (Å²) in [6.45, 7) is 0.203. The van der Waals surface area contributed by atoms with Crippen LogP contribution in [0, 0.1) is 0 Å². The van der Waals surface area contributed by atoms with Gasteiger partial charge in [0.25, 0.3) is 5.91 Å². The lowest BCUT2D eigenvalue weighted by Gasteiger charge is -2.43. The van der Waals surface area contributed by atoms with Crippen molar-refractivity contribution in [3.8, 4) is 0 Å². The fourth-order valence-corrected chi connectivity index (χ4v) is 3.56. The van der Waals surface area contributed by atoms with Crippen molar-refractivity contribution < 1.29 is 19.5 Å². The van der Waals surface area contributed by atoms with Crippen molar-refractivity contribution >= 4 is 18.0 Å². The monoisotopic (exact) mass is 359 g/mol. The highest BCUT2D eigenvalue weighted by molar-refractivity contribution is 5.90. The zero-order chi connectivity index (χ0) is 18.4. The molecule has 1 heterocycles. The van der Waals surface area contributed by atoms with Gasteiger partial charge in [0.15, 0.2) is 0 Å². The van der Waals surface area contributed by atoms with E-state index in [9.17, 15) is 9.59 Å². The number of amides is 1. The Morgan fingerprint density at radius 1 is 1.27 bits per heavy atom. The van der Waals surface area contributed by atoms with Crippen molar-refractivity contribution in [2.24, 2.45) is 0 Å². The maximum absolute atomic E-state index is 12.1. The van der Waals surface area contributed by atoms with Crippen molar-refractivity contribution in [1.82, 2.24) is 15.8 Å². The van der Waals surface area contributed by atoms with Crippen molar-refractivity contribution in [3.63, 3.8) is 0 Å². The number of ether oxygens (including phenoxy) is 1. The molecule has 0 bridgehead atoms. The molecule has 0 atom stereocenters. The molecule has 140 valence electrons. The molecule has 0 radical (unpaired) electrons. The number of nitrogens with one attached hydrogen (secondary N) is 2. The Kier molecular flexibility index (Phi) is 6.00. The van der Waals surface area contributed by atoms with Crippen LogP contribution in [0.2, 0.25) is 0 Å². The SMILES string of the molecule is O=C(/C=C/c1ccc(C2(NCC(=O)OC3CCCC3)CCC2)cn1)NO. The average Bonchev–Trinajstić information content (AvgIpc) is 3.12. The Hall–Kier alpha value is -2.25. The topological polar surface area (TPSA) is 101 Å². The molecule has 0 aliphatic heterocycles. The van der Waals surface area contributed by atoms with E-state index in [-0.39, 0.29) is 24.2 Å². The molecule has 0 spiro atoms. The minimum absolute atomic E-state index is 0.0884. The van der Waals surface area contributed by atoms with Crippen LogP contribution < -0.4 is 10.8 Å². The maximum Gasteiger partial charge on any atom is 0.320 e. The molecule has 2 fully saturated rings. The number of nitrogens with zero attached hydrogens (tertiary/aromatic N) is 1. The summed E-state index contributed by atoms with van der Waals surface area (Å²) in [5, 5.41) is 11.9. The number of esters is 1. The van der Waals surface area contributed by atoms with Crippen molar-refractivity contribution in [3.05, 3.63) is 35.7 Å². The Morgan fingerprint density at radius 3 is 2.62 bits per heavy atom. The van der Waals surface area contributed by atoms with Crippen molar-refractivity contribution in [2.75, 3.05) is 6.54 Å². The van der Waals surface area contributed by atoms with Crippen LogP contribution in [0.3, 0.4) is 0 Å². The predicted molar refractivity (Wildman–Crippen MR) is 95.1 cm³/mol. The van der Waals surface area contributed by atoms with Gasteiger partial charge in [-0.15, -0.1) is 0 Å². The van der Waals surface area contributed by atoms with Crippen LogP contribution >= 0.6 is 0 Å². The number of hydroxylamine groups is 1. The number of aromatic nitrogens is 1. The molecule has 0 unspecified atom stereocenters. The number of carbonyl (C=O) groups excluding carboxylic acids is 2. The summed E-state index contributed by atoms with van der Waals surface area (Å²) in [6, 6.07) is 3.77. The summed E-state index contributed by atoms with van der Waals surface area (Å²) >= 11 is 0. The van der Waals surface area contributed by atoms with Gasteiger partial charge in [0, 0.05) is 17.8 Å². The van der Waals surface area contributed by atoms with E-state index in [1.807, 2.05) is 12.1 Å². The third-order valence-corrected chi connectivity index (χ3v) is 5.23. The highest BCUT2D eigenvalue weighted by atomic mass is 16.5. The smallest absolute Gasteiger partial charge is 0.320 e. The fraction of sp³-hybridized carbons (Fsp3) is 0.526. The fourth-order valence-electron chi connectivity index (χ4n) is 3.56. The number of carbonyl (C=O) groups is 2. The molecule has 1 amide bonds. The first-order chi connectivity index (χ1) is 12.6. The van der Waals surface area contributed by atoms with Gasteiger partial charge in [-0.2, -0.15) is 0 Å². The molecular formula is C19H25N3O4. The number of hydrogen-bond donors (Lipinski definition) is 3. The van der Waals surface area contributed by atoms with Gasteiger partial charge < -0.3 is 4.74 Å². The lowest BCUT2D eigenvalue weighted by atomic mass is 9.72. The molecule has 3 rings (SSSR count). The Bertz CT molecular complexity index is 662. The summed E-state index contributed by atoms with van der Waals surface area (Å²) in [7, 11) is 0. The van der Waals surface area contributed by atoms with Crippen LogP contribution in [-0.2, 0) is 19.9 Å². The Labute approximate surface area is 152 Å². The lowest BCUT2D eigenvalue weighted by Crippen LogP contribution is -2.50. The third kappa shape index (κ3) is 4.47. The summed E-state index contributed by atoms with van der Waals surface area (Å²) < 4.78 is 5.51. The van der Waals surface area contributed by atoms with Crippen LogP contribution in [0.1, 0.15) is 56.2 Å². The highest BCUT2D eigenvalue weighted by Crippen LogP contribution is 2.41. The van der Waals surface area contributed by atoms with Crippen LogP contribution in [0.15, 0.2) is 24.4 Å². The minimum Gasteiger partial charge on any atom is -0.461 e. The number of rotatable bonds is 7. The molecule has 2 aliphatic rings. The third-order valence-electron chi connectivity index (χ3n) is 5.23. The van der Waals surface area contributed by atoms with E-state index < -0.39 is 5.91 Å². The number of pyridine rings is 1. The first-order valence-corrected chi connectivity index (χ1v) is 9.14. The van der Waals surface area contributed by atoms with E-state index in [0.29, 0.717) is 5.69 Å². The average molecular weight is 359 g/mol. The molecule has 1 aromatic heterocycles. The molecule has 3 N–H and O–H groups in total. The quantitative estimate of drug-likeness (QED) is 0.298. The second-order valence-corrected chi connectivity index (χ2v) is 6.97. The summed E-state index contributed by atoms with van der Waals surface area (Å²) in [5.74, 6) is -0.792. The second kappa shape index (κ2) is 8.42. The summed E-state index contributed by atoms with van der Waals surface area (Å²) in [4.78, 5) is 27.4. The maximum atomic E-state index is 12.1. The Morgan fingerprint density at radius 2 is 2.04 bits per heavy atom. The van der Waals surface area contributed by atoms with E-state index in [4.69, 9.17) is 9.94 Å². The number of hydrogen-bond acceptors (Lipinski definition) is 6. The first-order valence-electron chi connectivity index (χ1n) is 9.14. The highest BCUT2D eigenvalue weighted by Gasteiger charge is 2.39. The van der Waals surface area contributed by atoms with Crippen molar-refractivity contribution in [1.29, 1.82) is 0 Å². The molecule has 26 heavy (non-hydrogen) atoms. The molecule has 1 aromatic rings. The predicted octanol–water partition coefficient (Wildman–Crippen LogP) is 2.05. The zero-order valence-electron chi connectivity index (χ0n) is 14.7. The molecule has 2 aliphatic carbocycles. The van der Waals surface area contributed by atoms with Gasteiger partial charge in [0.1, 0.15) is 6.10 Å². The van der Waals surface area contributed by atoms with Crippen LogP contribution in [0.25, 0.3) is 6.08 Å². The van der Waals surface area contributed by atoms with Gasteiger partial charge >= 0.3 is 5.97 Å². The molecule has 0 aromatic carbocycles. The zero-order valence-corrected chi connectivity index (χ0v) is 14.7. The minimum atomic E-state index is -0.603. The Balaban J connectivity index is 1.57. The van der Waals surface area contributed by atoms with Crippen molar-refractivity contribution in [2.45, 2.75) is 56.6 Å². The molecule has 7 nitrogen and oxygen atoms in total. The van der Waals surface area contributed by atoms with Gasteiger partial charge in [-0.05, 0) is 62.7 Å². The van der Waals surface area contributed by atoms with Gasteiger partial charge in [-0.1, -0.05) is 6.07 Å². The first kappa shape index (κ1) is 18.5. The van der Waals surface area contributed by atoms with Crippen LogP contribution in [0.5, 0.6) is 0 Å². The van der Waals surface area contributed by atoms with Crippen LogP contribution in [-0.4, -0.2) is 34.7 Å². The largest absolute Gasteiger partial charge is 0.461 e. The normalized spacial score (nSPS) is 19.3. The lowest BCUT2D eigenvalue weighted by molar-refractivity contribution is -0.148. The van der Waals surface area contributed by atoms with E-state index in [1.54, 1.807) is 6.20 Å². The molecular weight excluding hydrogens is 334 g/mol. The van der Waals surface area contributed by atoms with Gasteiger partial charge in [0.2, 0.25) is 0 Å². The van der Waals surface area contributed by atoms with E-state index in [2.05, 4.69) is 10.3 Å². The van der Waals surface area contributed by atoms with Gasteiger partial charge in [-0.25, -0.2) is 5.48 Å². The van der Waals surface area contributed by atoms with E-state index in [1.165, 1.54) is 17.6 Å². The molecule has 2 saturated carbocycles.